The number of hydroxylamine groups is 1. The first kappa shape index (κ1) is 19.3. The molecule has 1 aliphatic rings. The summed E-state index contributed by atoms with van der Waals surface area (Å²) in [6.07, 6.45) is 7.19. The van der Waals surface area contributed by atoms with Gasteiger partial charge in [-0.15, -0.1) is 0 Å². The SMILES string of the molecule is CN(CC[C@@]1(C=O)CCc2cc(C(=O)NO)ccc2C1)c1ccncc1Cl. The van der Waals surface area contributed by atoms with E-state index in [1.807, 2.05) is 24.1 Å². The summed E-state index contributed by atoms with van der Waals surface area (Å²) in [5.41, 5.74) is 4.67. The Kier molecular flexibility index (Phi) is 5.77. The molecule has 7 heteroatoms. The van der Waals surface area contributed by atoms with E-state index in [4.69, 9.17) is 16.8 Å². The van der Waals surface area contributed by atoms with Crippen LogP contribution in [0.1, 0.15) is 34.3 Å². The summed E-state index contributed by atoms with van der Waals surface area (Å²) < 4.78 is 0. The highest BCUT2D eigenvalue weighted by Gasteiger charge is 2.34. The van der Waals surface area contributed by atoms with Crippen LogP contribution in [0.15, 0.2) is 36.7 Å². The van der Waals surface area contributed by atoms with Crippen molar-refractivity contribution in [2.75, 3.05) is 18.5 Å². The largest absolute Gasteiger partial charge is 0.373 e. The minimum atomic E-state index is -0.527. The van der Waals surface area contributed by atoms with Gasteiger partial charge in [0.25, 0.3) is 5.91 Å². The second-order valence-corrected chi connectivity index (χ2v) is 7.49. The molecule has 0 bridgehead atoms. The summed E-state index contributed by atoms with van der Waals surface area (Å²) in [7, 11) is 1.95. The van der Waals surface area contributed by atoms with Gasteiger partial charge in [-0.3, -0.25) is 15.0 Å². The van der Waals surface area contributed by atoms with Crippen LogP contribution in [0.2, 0.25) is 5.02 Å². The Morgan fingerprint density at radius 2 is 2.22 bits per heavy atom. The molecule has 0 radical (unpaired) electrons. The number of aryl methyl sites for hydroxylation is 1. The molecule has 1 amide bonds. The van der Waals surface area contributed by atoms with E-state index < -0.39 is 11.3 Å². The van der Waals surface area contributed by atoms with Gasteiger partial charge < -0.3 is 9.69 Å². The summed E-state index contributed by atoms with van der Waals surface area (Å²) in [4.78, 5) is 29.6. The number of aldehydes is 1. The second kappa shape index (κ2) is 8.06. The lowest BCUT2D eigenvalue weighted by Gasteiger charge is -2.35. The average Bonchev–Trinajstić information content (AvgIpc) is 2.71. The van der Waals surface area contributed by atoms with Gasteiger partial charge in [-0.25, -0.2) is 5.48 Å². The molecule has 27 heavy (non-hydrogen) atoms. The number of nitrogens with zero attached hydrogens (tertiary/aromatic N) is 2. The zero-order valence-corrected chi connectivity index (χ0v) is 15.9. The monoisotopic (exact) mass is 387 g/mol. The van der Waals surface area contributed by atoms with Crippen LogP contribution in [-0.4, -0.2) is 36.0 Å². The third kappa shape index (κ3) is 4.12. The van der Waals surface area contributed by atoms with Gasteiger partial charge in [-0.05, 0) is 55.0 Å². The van der Waals surface area contributed by atoms with Crippen LogP contribution in [0, 0.1) is 5.41 Å². The van der Waals surface area contributed by atoms with E-state index in [0.29, 0.717) is 30.0 Å². The van der Waals surface area contributed by atoms with Crippen molar-refractivity contribution >= 4 is 29.5 Å². The van der Waals surface area contributed by atoms with E-state index in [0.717, 1.165) is 35.9 Å². The maximum absolute atomic E-state index is 12.0. The molecule has 0 fully saturated rings. The summed E-state index contributed by atoms with van der Waals surface area (Å²) in [6, 6.07) is 7.20. The van der Waals surface area contributed by atoms with Crippen LogP contribution in [0.5, 0.6) is 0 Å². The average molecular weight is 388 g/mol. The van der Waals surface area contributed by atoms with Crippen LogP contribution in [0.25, 0.3) is 0 Å². The zero-order valence-electron chi connectivity index (χ0n) is 15.1. The number of fused-ring (bicyclic) bond motifs is 1. The number of hydrogen-bond donors (Lipinski definition) is 2. The number of aromatic nitrogens is 1. The van der Waals surface area contributed by atoms with Crippen LogP contribution < -0.4 is 10.4 Å². The first-order valence-corrected chi connectivity index (χ1v) is 9.19. The molecule has 6 nitrogen and oxygen atoms in total. The number of pyridine rings is 1. The normalized spacial score (nSPS) is 18.5. The van der Waals surface area contributed by atoms with Crippen molar-refractivity contribution < 1.29 is 14.8 Å². The molecule has 0 saturated carbocycles. The van der Waals surface area contributed by atoms with E-state index in [1.165, 1.54) is 0 Å². The fraction of sp³-hybridized carbons (Fsp3) is 0.350. The molecule has 0 aliphatic heterocycles. The van der Waals surface area contributed by atoms with Gasteiger partial charge in [-0.2, -0.15) is 0 Å². The number of rotatable bonds is 6. The highest BCUT2D eigenvalue weighted by atomic mass is 35.5. The first-order chi connectivity index (χ1) is 13.0. The Bertz CT molecular complexity index is 858. The number of anilines is 1. The van der Waals surface area contributed by atoms with Crippen LogP contribution in [0.4, 0.5) is 5.69 Å². The third-order valence-electron chi connectivity index (χ3n) is 5.36. The predicted molar refractivity (Wildman–Crippen MR) is 103 cm³/mol. The fourth-order valence-electron chi connectivity index (χ4n) is 3.65. The van der Waals surface area contributed by atoms with Crippen molar-refractivity contribution in [3.05, 3.63) is 58.4 Å². The quantitative estimate of drug-likeness (QED) is 0.452. The second-order valence-electron chi connectivity index (χ2n) is 7.08. The van der Waals surface area contributed by atoms with Crippen molar-refractivity contribution in [3.63, 3.8) is 0 Å². The number of carbonyl (C=O) groups excluding carboxylic acids is 2. The molecule has 1 aromatic heterocycles. The highest BCUT2D eigenvalue weighted by molar-refractivity contribution is 6.33. The van der Waals surface area contributed by atoms with E-state index in [-0.39, 0.29) is 0 Å². The maximum atomic E-state index is 12.0. The molecule has 1 aromatic carbocycles. The Hall–Kier alpha value is -2.44. The van der Waals surface area contributed by atoms with E-state index in [1.54, 1.807) is 30.0 Å². The van der Waals surface area contributed by atoms with Crippen LogP contribution in [-0.2, 0) is 17.6 Å². The number of halogens is 1. The lowest BCUT2D eigenvalue weighted by Crippen LogP contribution is -2.35. The van der Waals surface area contributed by atoms with Crippen molar-refractivity contribution in [3.8, 4) is 0 Å². The van der Waals surface area contributed by atoms with E-state index in [2.05, 4.69) is 4.98 Å². The maximum Gasteiger partial charge on any atom is 0.274 e. The molecule has 0 spiro atoms. The summed E-state index contributed by atoms with van der Waals surface area (Å²) in [5, 5.41) is 9.37. The molecule has 3 rings (SSSR count). The molecule has 1 atom stereocenters. The number of hydrogen-bond acceptors (Lipinski definition) is 5. The smallest absolute Gasteiger partial charge is 0.274 e. The summed E-state index contributed by atoms with van der Waals surface area (Å²) in [6.45, 7) is 0.697. The molecule has 2 aromatic rings. The lowest BCUT2D eigenvalue weighted by atomic mass is 9.70. The third-order valence-corrected chi connectivity index (χ3v) is 5.65. The van der Waals surface area contributed by atoms with Gasteiger partial charge in [0.15, 0.2) is 0 Å². The number of carbonyl (C=O) groups is 2. The Morgan fingerprint density at radius 3 is 2.93 bits per heavy atom. The van der Waals surface area contributed by atoms with E-state index in [9.17, 15) is 9.59 Å². The van der Waals surface area contributed by atoms with Gasteiger partial charge >= 0.3 is 0 Å². The Labute approximate surface area is 163 Å². The zero-order chi connectivity index (χ0) is 19.4. The predicted octanol–water partition coefficient (Wildman–Crippen LogP) is 3.05. The highest BCUT2D eigenvalue weighted by Crippen LogP contribution is 2.38. The van der Waals surface area contributed by atoms with Crippen LogP contribution >= 0.6 is 11.6 Å². The van der Waals surface area contributed by atoms with Gasteiger partial charge in [0.1, 0.15) is 6.29 Å². The summed E-state index contributed by atoms with van der Waals surface area (Å²) in [5.74, 6) is -0.527. The standard InChI is InChI=1S/C20H22ClN3O3/c1-24(18-5-8-22-12-17(18)21)9-7-20(13-25)6-4-14-10-15(19(26)23-27)2-3-16(14)11-20/h2-3,5,8,10,12-13,27H,4,6-7,9,11H2,1H3,(H,23,26)/t20-/m0/s1. The fourth-order valence-corrected chi connectivity index (χ4v) is 3.91. The Balaban J connectivity index is 1.73. The molecule has 1 aliphatic carbocycles. The lowest BCUT2D eigenvalue weighted by molar-refractivity contribution is -0.117. The molecule has 142 valence electrons. The molecule has 1 heterocycles. The Morgan fingerprint density at radius 1 is 1.41 bits per heavy atom. The van der Waals surface area contributed by atoms with Crippen molar-refractivity contribution in [2.24, 2.45) is 5.41 Å². The minimum absolute atomic E-state index is 0.418. The first-order valence-electron chi connectivity index (χ1n) is 8.81. The number of benzene rings is 1. The van der Waals surface area contributed by atoms with Crippen molar-refractivity contribution in [2.45, 2.75) is 25.7 Å². The topological polar surface area (TPSA) is 82.5 Å². The molecular formula is C20H22ClN3O3. The molecular weight excluding hydrogens is 366 g/mol. The molecule has 0 unspecified atom stereocenters. The van der Waals surface area contributed by atoms with Crippen molar-refractivity contribution in [1.29, 1.82) is 0 Å². The van der Waals surface area contributed by atoms with Gasteiger partial charge in [0.05, 0.1) is 10.7 Å². The number of amides is 1. The van der Waals surface area contributed by atoms with Crippen molar-refractivity contribution in [1.82, 2.24) is 10.5 Å². The van der Waals surface area contributed by atoms with Crippen LogP contribution in [0.3, 0.4) is 0 Å². The van der Waals surface area contributed by atoms with Gasteiger partial charge in [-0.1, -0.05) is 17.7 Å². The molecule has 2 N–H and O–H groups in total. The van der Waals surface area contributed by atoms with E-state index >= 15 is 0 Å². The molecule has 0 saturated heterocycles. The van der Waals surface area contributed by atoms with Gasteiger partial charge in [0, 0.05) is 37.0 Å². The van der Waals surface area contributed by atoms with Gasteiger partial charge in [0.2, 0.25) is 0 Å². The number of nitrogens with one attached hydrogen (secondary N) is 1. The summed E-state index contributed by atoms with van der Waals surface area (Å²) >= 11 is 6.20. The minimum Gasteiger partial charge on any atom is -0.373 e.